The molecule has 2 rings (SSSR count). The van der Waals surface area contributed by atoms with Gasteiger partial charge in [0.2, 0.25) is 0 Å². The lowest BCUT2D eigenvalue weighted by molar-refractivity contribution is -0.114. The van der Waals surface area contributed by atoms with Crippen molar-refractivity contribution in [3.63, 3.8) is 0 Å². The topological polar surface area (TPSA) is 17.1 Å². The second-order valence-electron chi connectivity index (χ2n) is 6.16. The molecule has 0 N–H and O–H groups in total. The maximum Gasteiger partial charge on any atom is 0.123 e. The standard InChI is InChI=1S/C14H24O/c1-10-5-4-8-14(3)12(10)6-7-13(14)11(2)9-15/h9-13H,4-8H2,1-3H3/t10-,11+,12?,13+,14-/m0/s1. The first-order valence-corrected chi connectivity index (χ1v) is 6.55. The Kier molecular flexibility index (Phi) is 2.92. The summed E-state index contributed by atoms with van der Waals surface area (Å²) in [5, 5.41) is 0. The predicted octanol–water partition coefficient (Wildman–Crippen LogP) is 3.67. The predicted molar refractivity (Wildman–Crippen MR) is 62.6 cm³/mol. The van der Waals surface area contributed by atoms with Crippen LogP contribution in [0.2, 0.25) is 0 Å². The second kappa shape index (κ2) is 3.92. The second-order valence-corrected chi connectivity index (χ2v) is 6.16. The van der Waals surface area contributed by atoms with Crippen molar-refractivity contribution in [2.24, 2.45) is 29.1 Å². The van der Waals surface area contributed by atoms with E-state index in [9.17, 15) is 4.79 Å². The van der Waals surface area contributed by atoms with Gasteiger partial charge in [-0.25, -0.2) is 0 Å². The molecule has 0 aromatic rings. The average Bonchev–Trinajstić information content (AvgIpc) is 2.56. The van der Waals surface area contributed by atoms with E-state index < -0.39 is 0 Å². The van der Waals surface area contributed by atoms with Gasteiger partial charge in [0.25, 0.3) is 0 Å². The molecular weight excluding hydrogens is 184 g/mol. The third kappa shape index (κ3) is 1.64. The lowest BCUT2D eigenvalue weighted by Gasteiger charge is -2.45. The fourth-order valence-corrected chi connectivity index (χ4v) is 4.56. The normalized spacial score (nSPS) is 47.3. The largest absolute Gasteiger partial charge is 0.303 e. The highest BCUT2D eigenvalue weighted by molar-refractivity contribution is 5.53. The molecule has 0 aliphatic heterocycles. The van der Waals surface area contributed by atoms with E-state index in [1.165, 1.54) is 38.4 Å². The minimum atomic E-state index is 0.269. The fraction of sp³-hybridized carbons (Fsp3) is 0.929. The molecule has 0 amide bonds. The molecule has 1 unspecified atom stereocenters. The van der Waals surface area contributed by atoms with Crippen molar-refractivity contribution in [3.8, 4) is 0 Å². The monoisotopic (exact) mass is 208 g/mol. The van der Waals surface area contributed by atoms with Crippen LogP contribution in [0.4, 0.5) is 0 Å². The van der Waals surface area contributed by atoms with Crippen LogP contribution in [0.25, 0.3) is 0 Å². The summed E-state index contributed by atoms with van der Waals surface area (Å²) in [7, 11) is 0. The highest BCUT2D eigenvalue weighted by Gasteiger charge is 2.51. The molecule has 0 saturated heterocycles. The molecule has 1 nitrogen and oxygen atoms in total. The number of hydrogen-bond acceptors (Lipinski definition) is 1. The average molecular weight is 208 g/mol. The van der Waals surface area contributed by atoms with Gasteiger partial charge in [-0.05, 0) is 42.4 Å². The molecule has 2 saturated carbocycles. The molecule has 0 bridgehead atoms. The van der Waals surface area contributed by atoms with Crippen molar-refractivity contribution >= 4 is 6.29 Å². The van der Waals surface area contributed by atoms with Crippen LogP contribution >= 0.6 is 0 Å². The van der Waals surface area contributed by atoms with E-state index in [-0.39, 0.29) is 5.92 Å². The Morgan fingerprint density at radius 3 is 2.73 bits per heavy atom. The number of hydrogen-bond donors (Lipinski definition) is 0. The fourth-order valence-electron chi connectivity index (χ4n) is 4.56. The Labute approximate surface area is 93.6 Å². The molecule has 5 atom stereocenters. The van der Waals surface area contributed by atoms with Crippen molar-refractivity contribution in [1.82, 2.24) is 0 Å². The van der Waals surface area contributed by atoms with Gasteiger partial charge in [-0.15, -0.1) is 0 Å². The Hall–Kier alpha value is -0.330. The van der Waals surface area contributed by atoms with E-state index in [1.807, 2.05) is 0 Å². The molecule has 15 heavy (non-hydrogen) atoms. The Balaban J connectivity index is 2.20. The van der Waals surface area contributed by atoms with E-state index in [2.05, 4.69) is 20.8 Å². The SMILES string of the molecule is C[C@H](C=O)[C@H]1CCC2[C@@H](C)CCC[C@@]21C. The first-order valence-electron chi connectivity index (χ1n) is 6.55. The quantitative estimate of drug-likeness (QED) is 0.633. The Morgan fingerprint density at radius 2 is 2.07 bits per heavy atom. The van der Waals surface area contributed by atoms with Crippen LogP contribution in [-0.2, 0) is 4.79 Å². The molecule has 86 valence electrons. The van der Waals surface area contributed by atoms with Crippen molar-refractivity contribution < 1.29 is 4.79 Å². The summed E-state index contributed by atoms with van der Waals surface area (Å²) < 4.78 is 0. The third-order valence-corrected chi connectivity index (χ3v) is 5.39. The molecule has 2 aliphatic carbocycles. The number of aldehydes is 1. The minimum Gasteiger partial charge on any atom is -0.303 e. The Morgan fingerprint density at radius 1 is 1.33 bits per heavy atom. The summed E-state index contributed by atoms with van der Waals surface area (Å²) in [4.78, 5) is 11.0. The zero-order valence-corrected chi connectivity index (χ0v) is 10.3. The van der Waals surface area contributed by atoms with Crippen molar-refractivity contribution in [2.45, 2.75) is 52.9 Å². The van der Waals surface area contributed by atoms with Crippen LogP contribution < -0.4 is 0 Å². The maximum atomic E-state index is 11.0. The van der Waals surface area contributed by atoms with Crippen LogP contribution in [0.3, 0.4) is 0 Å². The summed E-state index contributed by atoms with van der Waals surface area (Å²) in [6.07, 6.45) is 7.95. The zero-order valence-electron chi connectivity index (χ0n) is 10.3. The molecule has 1 heteroatoms. The smallest absolute Gasteiger partial charge is 0.123 e. The lowest BCUT2D eigenvalue weighted by Crippen LogP contribution is -2.38. The van der Waals surface area contributed by atoms with Crippen molar-refractivity contribution in [1.29, 1.82) is 0 Å². The van der Waals surface area contributed by atoms with Gasteiger partial charge in [0.05, 0.1) is 0 Å². The summed E-state index contributed by atoms with van der Waals surface area (Å²) in [5.74, 6) is 2.69. The maximum absolute atomic E-state index is 11.0. The highest BCUT2D eigenvalue weighted by Crippen LogP contribution is 2.59. The van der Waals surface area contributed by atoms with Crippen LogP contribution in [0.15, 0.2) is 0 Å². The molecule has 0 heterocycles. The van der Waals surface area contributed by atoms with Gasteiger partial charge in [0.15, 0.2) is 0 Å². The van der Waals surface area contributed by atoms with Gasteiger partial charge >= 0.3 is 0 Å². The van der Waals surface area contributed by atoms with E-state index in [1.54, 1.807) is 0 Å². The first-order chi connectivity index (χ1) is 7.09. The van der Waals surface area contributed by atoms with Gasteiger partial charge in [0, 0.05) is 5.92 Å². The molecule has 0 radical (unpaired) electrons. The molecule has 0 spiro atoms. The molecule has 2 fully saturated rings. The van der Waals surface area contributed by atoms with Crippen molar-refractivity contribution in [2.75, 3.05) is 0 Å². The summed E-state index contributed by atoms with van der Waals surface area (Å²) in [5.41, 5.74) is 0.470. The lowest BCUT2D eigenvalue weighted by atomic mass is 9.60. The van der Waals surface area contributed by atoms with Crippen LogP contribution in [-0.4, -0.2) is 6.29 Å². The molecular formula is C14H24O. The van der Waals surface area contributed by atoms with Crippen LogP contribution in [0, 0.1) is 29.1 Å². The molecule has 0 aromatic carbocycles. The van der Waals surface area contributed by atoms with Gasteiger partial charge < -0.3 is 4.79 Å². The van der Waals surface area contributed by atoms with Crippen molar-refractivity contribution in [3.05, 3.63) is 0 Å². The number of rotatable bonds is 2. The molecule has 2 aliphatic rings. The zero-order chi connectivity index (χ0) is 11.1. The summed E-state index contributed by atoms with van der Waals surface area (Å²) >= 11 is 0. The van der Waals surface area contributed by atoms with Gasteiger partial charge in [-0.2, -0.15) is 0 Å². The van der Waals surface area contributed by atoms with Crippen LogP contribution in [0.5, 0.6) is 0 Å². The van der Waals surface area contributed by atoms with Crippen LogP contribution in [0.1, 0.15) is 52.9 Å². The number of fused-ring (bicyclic) bond motifs is 1. The number of carbonyl (C=O) groups is 1. The Bertz CT molecular complexity index is 248. The first kappa shape index (κ1) is 11.2. The van der Waals surface area contributed by atoms with E-state index in [0.717, 1.165) is 11.8 Å². The van der Waals surface area contributed by atoms with E-state index >= 15 is 0 Å². The minimum absolute atomic E-state index is 0.269. The van der Waals surface area contributed by atoms with E-state index in [0.29, 0.717) is 11.3 Å². The highest BCUT2D eigenvalue weighted by atomic mass is 16.1. The third-order valence-electron chi connectivity index (χ3n) is 5.39. The van der Waals surface area contributed by atoms with Gasteiger partial charge in [-0.3, -0.25) is 0 Å². The van der Waals surface area contributed by atoms with Gasteiger partial charge in [0.1, 0.15) is 6.29 Å². The summed E-state index contributed by atoms with van der Waals surface area (Å²) in [6.45, 7) is 6.98. The number of carbonyl (C=O) groups excluding carboxylic acids is 1. The van der Waals surface area contributed by atoms with Gasteiger partial charge in [-0.1, -0.05) is 33.6 Å². The van der Waals surface area contributed by atoms with E-state index in [4.69, 9.17) is 0 Å². The molecule has 0 aromatic heterocycles. The summed E-state index contributed by atoms with van der Waals surface area (Å²) in [6, 6.07) is 0.